The van der Waals surface area contributed by atoms with Crippen LogP contribution in [-0.4, -0.2) is 53.5 Å². The van der Waals surface area contributed by atoms with Gasteiger partial charge in [-0.3, -0.25) is 9.59 Å². The van der Waals surface area contributed by atoms with Crippen molar-refractivity contribution in [3.8, 4) is 11.1 Å². The van der Waals surface area contributed by atoms with Crippen molar-refractivity contribution in [2.24, 2.45) is 0 Å². The highest BCUT2D eigenvalue weighted by molar-refractivity contribution is 5.79. The second kappa shape index (κ2) is 10.1. The molecule has 8 heteroatoms. The number of aliphatic hydroxyl groups is 1. The minimum absolute atomic E-state index is 0.0238. The van der Waals surface area contributed by atoms with Gasteiger partial charge >= 0.3 is 12.1 Å². The van der Waals surface area contributed by atoms with Crippen LogP contribution in [0.4, 0.5) is 4.79 Å². The first kappa shape index (κ1) is 22.3. The number of carbonyl (C=O) groups is 3. The average molecular weight is 426 g/mol. The van der Waals surface area contributed by atoms with Gasteiger partial charge in [-0.1, -0.05) is 48.5 Å². The Balaban J connectivity index is 1.47. The maximum Gasteiger partial charge on any atom is 0.407 e. The highest BCUT2D eigenvalue weighted by Crippen LogP contribution is 2.44. The number of fused-ring (bicyclic) bond motifs is 3. The number of carbonyl (C=O) groups excluding carboxylic acids is 2. The summed E-state index contributed by atoms with van der Waals surface area (Å²) in [6, 6.07) is 15.6. The van der Waals surface area contributed by atoms with Crippen LogP contribution >= 0.6 is 0 Å². The number of nitrogens with one attached hydrogen (secondary N) is 2. The van der Waals surface area contributed by atoms with Crippen LogP contribution in [0.5, 0.6) is 0 Å². The van der Waals surface area contributed by atoms with E-state index in [1.807, 2.05) is 36.4 Å². The lowest BCUT2D eigenvalue weighted by Crippen LogP contribution is -2.40. The molecule has 0 saturated carbocycles. The van der Waals surface area contributed by atoms with Crippen molar-refractivity contribution in [2.75, 3.05) is 13.2 Å². The highest BCUT2D eigenvalue weighted by Gasteiger charge is 2.29. The average Bonchev–Trinajstić information content (AvgIpc) is 3.04. The quantitative estimate of drug-likeness (QED) is 0.487. The summed E-state index contributed by atoms with van der Waals surface area (Å²) < 4.78 is 5.45. The zero-order valence-corrected chi connectivity index (χ0v) is 17.2. The molecule has 0 saturated heterocycles. The van der Waals surface area contributed by atoms with Crippen LogP contribution in [0, 0.1) is 0 Å². The third kappa shape index (κ3) is 5.82. The molecule has 164 valence electrons. The Morgan fingerprint density at radius 1 is 1.00 bits per heavy atom. The first-order chi connectivity index (χ1) is 14.8. The fourth-order valence-electron chi connectivity index (χ4n) is 3.75. The third-order valence-corrected chi connectivity index (χ3v) is 5.14. The number of alkyl carbamates (subject to hydrolysis) is 1. The van der Waals surface area contributed by atoms with Crippen molar-refractivity contribution in [1.29, 1.82) is 0 Å². The van der Waals surface area contributed by atoms with Gasteiger partial charge in [-0.15, -0.1) is 0 Å². The standard InChI is InChI=1S/C23H26N2O6/c1-14(10-21(27)24-12-15(26)11-22(28)29)25-23(30)31-13-20-18-8-4-2-6-16(18)17-7-3-5-9-19(17)20/h2-9,14-15,20,26H,10-13H2,1H3,(H,24,27)(H,25,30)(H,28,29). The molecule has 0 radical (unpaired) electrons. The van der Waals surface area contributed by atoms with Gasteiger partial charge in [0.15, 0.2) is 0 Å². The first-order valence-electron chi connectivity index (χ1n) is 10.1. The second-order valence-corrected chi connectivity index (χ2v) is 7.63. The van der Waals surface area contributed by atoms with Gasteiger partial charge in [-0.05, 0) is 29.2 Å². The van der Waals surface area contributed by atoms with Crippen LogP contribution in [0.2, 0.25) is 0 Å². The predicted octanol–water partition coefficient (Wildman–Crippen LogP) is 2.26. The summed E-state index contributed by atoms with van der Waals surface area (Å²) in [5.41, 5.74) is 4.51. The summed E-state index contributed by atoms with van der Waals surface area (Å²) in [5.74, 6) is -1.60. The van der Waals surface area contributed by atoms with Crippen molar-refractivity contribution in [3.63, 3.8) is 0 Å². The molecule has 2 unspecified atom stereocenters. The fourth-order valence-corrected chi connectivity index (χ4v) is 3.75. The number of aliphatic carboxylic acids is 1. The summed E-state index contributed by atoms with van der Waals surface area (Å²) >= 11 is 0. The van der Waals surface area contributed by atoms with Crippen molar-refractivity contribution in [1.82, 2.24) is 10.6 Å². The lowest BCUT2D eigenvalue weighted by molar-refractivity contribution is -0.139. The van der Waals surface area contributed by atoms with Gasteiger partial charge in [-0.25, -0.2) is 4.79 Å². The van der Waals surface area contributed by atoms with Gasteiger partial charge in [-0.2, -0.15) is 0 Å². The van der Waals surface area contributed by atoms with Crippen LogP contribution < -0.4 is 10.6 Å². The van der Waals surface area contributed by atoms with E-state index in [9.17, 15) is 19.5 Å². The van der Waals surface area contributed by atoms with E-state index in [2.05, 4.69) is 22.8 Å². The molecule has 0 aromatic heterocycles. The number of benzene rings is 2. The molecule has 1 aliphatic rings. The molecule has 31 heavy (non-hydrogen) atoms. The molecule has 8 nitrogen and oxygen atoms in total. The number of carboxylic acids is 1. The number of rotatable bonds is 9. The smallest absolute Gasteiger partial charge is 0.407 e. The van der Waals surface area contributed by atoms with Crippen molar-refractivity contribution in [3.05, 3.63) is 59.7 Å². The molecule has 3 rings (SSSR count). The molecular formula is C23H26N2O6. The monoisotopic (exact) mass is 426 g/mol. The number of hydrogen-bond acceptors (Lipinski definition) is 5. The molecule has 2 aromatic rings. The van der Waals surface area contributed by atoms with Crippen LogP contribution in [0.3, 0.4) is 0 Å². The zero-order valence-electron chi connectivity index (χ0n) is 17.2. The molecule has 0 spiro atoms. The molecule has 1 aliphatic carbocycles. The molecule has 0 heterocycles. The molecule has 2 aromatic carbocycles. The predicted molar refractivity (Wildman–Crippen MR) is 114 cm³/mol. The number of hydrogen-bond donors (Lipinski definition) is 4. The summed E-state index contributed by atoms with van der Waals surface area (Å²) in [4.78, 5) is 34.7. The van der Waals surface area contributed by atoms with Gasteiger partial charge in [0, 0.05) is 24.9 Å². The maximum atomic E-state index is 12.2. The van der Waals surface area contributed by atoms with Gasteiger partial charge in [0.25, 0.3) is 0 Å². The van der Waals surface area contributed by atoms with E-state index in [0.29, 0.717) is 0 Å². The molecule has 4 N–H and O–H groups in total. The molecule has 0 bridgehead atoms. The third-order valence-electron chi connectivity index (χ3n) is 5.14. The normalized spacial score (nSPS) is 14.1. The molecule has 2 amide bonds. The second-order valence-electron chi connectivity index (χ2n) is 7.63. The van der Waals surface area contributed by atoms with Gasteiger partial charge in [0.05, 0.1) is 12.5 Å². The molecular weight excluding hydrogens is 400 g/mol. The lowest BCUT2D eigenvalue weighted by Gasteiger charge is -2.17. The van der Waals surface area contributed by atoms with Crippen molar-refractivity contribution < 1.29 is 29.3 Å². The maximum absolute atomic E-state index is 12.2. The van der Waals surface area contributed by atoms with E-state index in [1.54, 1.807) is 6.92 Å². The van der Waals surface area contributed by atoms with Gasteiger partial charge in [0.2, 0.25) is 5.91 Å². The minimum Gasteiger partial charge on any atom is -0.481 e. The van der Waals surface area contributed by atoms with E-state index in [1.165, 1.54) is 0 Å². The largest absolute Gasteiger partial charge is 0.481 e. The number of aliphatic hydroxyl groups excluding tert-OH is 1. The summed E-state index contributed by atoms with van der Waals surface area (Å²) in [6.07, 6.45) is -2.25. The van der Waals surface area contributed by atoms with Crippen LogP contribution in [0.25, 0.3) is 11.1 Å². The lowest BCUT2D eigenvalue weighted by atomic mass is 9.98. The summed E-state index contributed by atoms with van der Waals surface area (Å²) in [7, 11) is 0. The minimum atomic E-state index is -1.16. The summed E-state index contributed by atoms with van der Waals surface area (Å²) in [5, 5.41) is 23.1. The molecule has 0 fully saturated rings. The topological polar surface area (TPSA) is 125 Å². The van der Waals surface area contributed by atoms with Crippen molar-refractivity contribution in [2.45, 2.75) is 37.8 Å². The van der Waals surface area contributed by atoms with E-state index in [4.69, 9.17) is 9.84 Å². The zero-order chi connectivity index (χ0) is 22.4. The van der Waals surface area contributed by atoms with Gasteiger partial charge < -0.3 is 25.6 Å². The Kier molecular flexibility index (Phi) is 7.25. The Morgan fingerprint density at radius 3 is 2.16 bits per heavy atom. The fraction of sp³-hybridized carbons (Fsp3) is 0.348. The number of carboxylic acid groups (broad SMARTS) is 1. The van der Waals surface area contributed by atoms with Crippen LogP contribution in [0.15, 0.2) is 48.5 Å². The Labute approximate surface area is 180 Å². The van der Waals surface area contributed by atoms with Gasteiger partial charge in [0.1, 0.15) is 6.61 Å². The van der Waals surface area contributed by atoms with E-state index >= 15 is 0 Å². The number of amides is 2. The highest BCUT2D eigenvalue weighted by atomic mass is 16.5. The summed E-state index contributed by atoms with van der Waals surface area (Å²) in [6.45, 7) is 1.68. The number of ether oxygens (including phenoxy) is 1. The van der Waals surface area contributed by atoms with E-state index < -0.39 is 36.5 Å². The van der Waals surface area contributed by atoms with Crippen LogP contribution in [-0.2, 0) is 14.3 Å². The Bertz CT molecular complexity index is 915. The van der Waals surface area contributed by atoms with E-state index in [0.717, 1.165) is 22.3 Å². The Morgan fingerprint density at radius 2 is 1.58 bits per heavy atom. The molecule has 2 atom stereocenters. The molecule has 0 aliphatic heterocycles. The first-order valence-corrected chi connectivity index (χ1v) is 10.1. The van der Waals surface area contributed by atoms with E-state index in [-0.39, 0.29) is 25.5 Å². The van der Waals surface area contributed by atoms with Crippen LogP contribution in [0.1, 0.15) is 36.8 Å². The van der Waals surface area contributed by atoms with Crippen molar-refractivity contribution >= 4 is 18.0 Å². The SMILES string of the molecule is CC(CC(=O)NCC(O)CC(=O)O)NC(=O)OCC1c2ccccc2-c2ccccc21. The Hall–Kier alpha value is -3.39.